The maximum absolute atomic E-state index is 4.74. The van der Waals surface area contributed by atoms with E-state index >= 15 is 0 Å². The van der Waals surface area contributed by atoms with Gasteiger partial charge in [0.2, 0.25) is 10.0 Å². The lowest BCUT2D eigenvalue weighted by molar-refractivity contribution is -0.757. The summed E-state index contributed by atoms with van der Waals surface area (Å²) in [6, 6.07) is 6.00. The van der Waals surface area contributed by atoms with Gasteiger partial charge in [0.25, 0.3) is 0 Å². The Morgan fingerprint density at radius 1 is 0.864 bits per heavy atom. The van der Waals surface area contributed by atoms with Gasteiger partial charge < -0.3 is 0 Å². The van der Waals surface area contributed by atoms with Crippen LogP contribution in [0.5, 0.6) is 0 Å². The zero-order valence-electron chi connectivity index (χ0n) is 12.6. The minimum Gasteiger partial charge on any atom is -0.242 e. The number of nitrogens with zero attached hydrogens (tertiary/aromatic N) is 5. The Hall–Kier alpha value is -1.03. The molecule has 0 radical (unpaired) electrons. The van der Waals surface area contributed by atoms with Crippen molar-refractivity contribution in [1.82, 2.24) is 15.2 Å². The molecule has 3 aromatic heterocycles. The zero-order valence-corrected chi connectivity index (χ0v) is 15.9. The van der Waals surface area contributed by atoms with Gasteiger partial charge in [0.1, 0.15) is 11.4 Å². The van der Waals surface area contributed by atoms with Crippen molar-refractivity contribution in [2.45, 2.75) is 8.68 Å². The summed E-state index contributed by atoms with van der Waals surface area (Å²) in [6.07, 6.45) is 4.11. The van der Waals surface area contributed by atoms with Crippen molar-refractivity contribution < 1.29 is 9.36 Å². The lowest BCUT2D eigenvalue weighted by Crippen LogP contribution is -2.31. The number of thioether (sulfide) groups is 2. The van der Waals surface area contributed by atoms with Gasteiger partial charge in [0.15, 0.2) is 14.1 Å². The molecule has 0 fully saturated rings. The molecule has 9 heteroatoms. The normalized spacial score (nSPS) is 11.1. The smallest absolute Gasteiger partial charge is 0.242 e. The number of aryl methyl sites for hydroxylation is 2. The molecule has 0 aliphatic heterocycles. The molecule has 22 heavy (non-hydrogen) atoms. The topological polar surface area (TPSA) is 46.4 Å². The van der Waals surface area contributed by atoms with E-state index < -0.39 is 0 Å². The van der Waals surface area contributed by atoms with E-state index in [-0.39, 0.29) is 0 Å². The Bertz CT molecular complexity index is 747. The summed E-state index contributed by atoms with van der Waals surface area (Å²) >= 11 is 6.70. The summed E-state index contributed by atoms with van der Waals surface area (Å²) < 4.78 is 6.11. The minimum atomic E-state index is 0.891. The van der Waals surface area contributed by atoms with E-state index in [2.05, 4.69) is 22.7 Å². The van der Waals surface area contributed by atoms with Crippen molar-refractivity contribution in [2.75, 3.05) is 12.5 Å². The second-order valence-corrected chi connectivity index (χ2v) is 8.47. The van der Waals surface area contributed by atoms with Crippen LogP contribution in [0.15, 0.2) is 26.9 Å². The van der Waals surface area contributed by atoms with Gasteiger partial charge in [-0.2, -0.15) is 0 Å². The van der Waals surface area contributed by atoms with Gasteiger partial charge in [0.05, 0.1) is 0 Å². The molecule has 0 amide bonds. The summed E-state index contributed by atoms with van der Waals surface area (Å²) in [6.45, 7) is 0. The largest absolute Gasteiger partial charge is 0.324 e. The summed E-state index contributed by atoms with van der Waals surface area (Å²) in [7, 11) is 3.92. The third-order valence-electron chi connectivity index (χ3n) is 2.91. The lowest BCUT2D eigenvalue weighted by Gasteiger charge is -1.95. The molecule has 0 aromatic carbocycles. The number of rotatable bonds is 4. The van der Waals surface area contributed by atoms with Crippen LogP contribution in [-0.4, -0.2) is 27.7 Å². The molecule has 0 aliphatic rings. The van der Waals surface area contributed by atoms with E-state index in [0.29, 0.717) is 0 Å². The highest BCUT2D eigenvalue weighted by molar-refractivity contribution is 8.00. The third kappa shape index (κ3) is 3.03. The molecule has 5 nitrogen and oxygen atoms in total. The molecule has 114 valence electrons. The first-order valence-electron chi connectivity index (χ1n) is 6.42. The van der Waals surface area contributed by atoms with Gasteiger partial charge in [-0.25, -0.2) is 4.98 Å². The molecule has 3 heterocycles. The Labute approximate surface area is 145 Å². The van der Waals surface area contributed by atoms with E-state index in [4.69, 9.17) is 4.98 Å². The van der Waals surface area contributed by atoms with E-state index in [1.54, 1.807) is 46.2 Å². The molecule has 0 bridgehead atoms. The standard InChI is InChI=1S/C13H15N5S4/c1-17-12(19-3)21-10(15-17)8-6-5-7-9(14-8)11-16-18(2)13(20-4)22-11/h5-7H,1-4H3/q+2. The quantitative estimate of drug-likeness (QED) is 0.522. The SMILES string of the molecule is CSc1sc(-c2cccc(-c3n[n+](C)c(SC)s3)n2)n[n+]1C. The van der Waals surface area contributed by atoms with Crippen molar-refractivity contribution in [3.63, 3.8) is 0 Å². The first kappa shape index (κ1) is 15.9. The molecule has 0 saturated heterocycles. The van der Waals surface area contributed by atoms with Crippen molar-refractivity contribution in [1.29, 1.82) is 0 Å². The molecular weight excluding hydrogens is 354 g/mol. The third-order valence-corrected chi connectivity index (χ3v) is 7.49. The lowest BCUT2D eigenvalue weighted by atomic mass is 10.3. The fourth-order valence-electron chi connectivity index (χ4n) is 1.92. The summed E-state index contributed by atoms with van der Waals surface area (Å²) in [4.78, 5) is 4.74. The molecule has 3 aromatic rings. The van der Waals surface area contributed by atoms with E-state index in [9.17, 15) is 0 Å². The molecule has 0 spiro atoms. The minimum absolute atomic E-state index is 0.891. The molecule has 3 rings (SSSR count). The van der Waals surface area contributed by atoms with Crippen LogP contribution in [0.2, 0.25) is 0 Å². The number of hydrogen-bond acceptors (Lipinski definition) is 7. The number of aromatic nitrogens is 5. The second kappa shape index (κ2) is 6.61. The summed E-state index contributed by atoms with van der Waals surface area (Å²) in [5.74, 6) is 0. The van der Waals surface area contributed by atoms with Crippen molar-refractivity contribution in [2.24, 2.45) is 14.1 Å². The van der Waals surface area contributed by atoms with E-state index in [0.717, 1.165) is 30.1 Å². The Kier molecular flexibility index (Phi) is 4.76. The van der Waals surface area contributed by atoms with Crippen LogP contribution in [0.3, 0.4) is 0 Å². The maximum atomic E-state index is 4.74. The molecular formula is C13H15N5S4+2. The van der Waals surface area contributed by atoms with Crippen LogP contribution < -0.4 is 9.36 Å². The van der Waals surface area contributed by atoms with Gasteiger partial charge in [0, 0.05) is 10.2 Å². The molecule has 0 N–H and O–H groups in total. The predicted molar refractivity (Wildman–Crippen MR) is 92.4 cm³/mol. The fraction of sp³-hybridized carbons (Fsp3) is 0.308. The van der Waals surface area contributed by atoms with Crippen molar-refractivity contribution in [3.8, 4) is 21.4 Å². The van der Waals surface area contributed by atoms with Crippen molar-refractivity contribution in [3.05, 3.63) is 18.2 Å². The fourth-order valence-corrected chi connectivity index (χ4v) is 5.11. The molecule has 0 atom stereocenters. The van der Waals surface area contributed by atoms with Gasteiger partial charge in [-0.1, -0.05) is 15.4 Å². The summed E-state index contributed by atoms with van der Waals surface area (Å²) in [5.41, 5.74) is 1.78. The van der Waals surface area contributed by atoms with E-state index in [1.807, 2.05) is 41.7 Å². The second-order valence-electron chi connectivity index (χ2n) is 4.41. The van der Waals surface area contributed by atoms with Crippen LogP contribution in [0, 0.1) is 0 Å². The van der Waals surface area contributed by atoms with E-state index in [1.165, 1.54) is 0 Å². The average Bonchev–Trinajstić information content (AvgIpc) is 3.10. The zero-order chi connectivity index (χ0) is 15.7. The van der Waals surface area contributed by atoms with Crippen LogP contribution in [0.25, 0.3) is 21.4 Å². The number of hydrogen-bond donors (Lipinski definition) is 0. The highest BCUT2D eigenvalue weighted by Crippen LogP contribution is 2.29. The predicted octanol–water partition coefficient (Wildman–Crippen LogP) is 2.42. The molecule has 0 unspecified atom stereocenters. The first-order valence-corrected chi connectivity index (χ1v) is 10.5. The van der Waals surface area contributed by atoms with Crippen LogP contribution in [-0.2, 0) is 14.1 Å². The van der Waals surface area contributed by atoms with Crippen molar-refractivity contribution >= 4 is 46.2 Å². The Morgan fingerprint density at radius 2 is 1.32 bits per heavy atom. The monoisotopic (exact) mass is 369 g/mol. The average molecular weight is 370 g/mol. The van der Waals surface area contributed by atoms with Crippen LogP contribution in [0.1, 0.15) is 0 Å². The van der Waals surface area contributed by atoms with Gasteiger partial charge >= 0.3 is 8.68 Å². The summed E-state index contributed by atoms with van der Waals surface area (Å²) in [5, 5.41) is 11.0. The molecule has 0 saturated carbocycles. The number of pyridine rings is 1. The maximum Gasteiger partial charge on any atom is 0.324 e. The van der Waals surface area contributed by atoms with Gasteiger partial charge in [-0.15, -0.1) is 0 Å². The van der Waals surface area contributed by atoms with Crippen LogP contribution >= 0.6 is 46.2 Å². The molecule has 0 aliphatic carbocycles. The van der Waals surface area contributed by atoms with Gasteiger partial charge in [-0.05, 0) is 70.8 Å². The highest BCUT2D eigenvalue weighted by Gasteiger charge is 2.20. The van der Waals surface area contributed by atoms with Gasteiger partial charge in [-0.3, -0.25) is 0 Å². The van der Waals surface area contributed by atoms with Crippen LogP contribution in [0.4, 0.5) is 0 Å². The first-order chi connectivity index (χ1) is 10.6. The highest BCUT2D eigenvalue weighted by atomic mass is 32.2. The Morgan fingerprint density at radius 3 is 1.68 bits per heavy atom. The Balaban J connectivity index is 2.01.